The monoisotopic (exact) mass is 485 g/mol. The summed E-state index contributed by atoms with van der Waals surface area (Å²) >= 11 is 0. The molecule has 0 atom stereocenters. The average molecular weight is 486 g/mol. The molecule has 6 heteroatoms. The number of nitrogens with zero attached hydrogens (tertiary/aromatic N) is 2. The van der Waals surface area contributed by atoms with Gasteiger partial charge in [0.25, 0.3) is 5.91 Å². The highest BCUT2D eigenvalue weighted by atomic mass is 16.5. The molecule has 0 spiro atoms. The molecule has 0 aliphatic rings. The molecule has 36 heavy (non-hydrogen) atoms. The molecule has 3 aromatic carbocycles. The lowest BCUT2D eigenvalue weighted by Gasteiger charge is -2.12. The fourth-order valence-electron chi connectivity index (χ4n) is 4.32. The van der Waals surface area contributed by atoms with Crippen molar-refractivity contribution < 1.29 is 14.3 Å². The van der Waals surface area contributed by atoms with Crippen LogP contribution in [0.3, 0.4) is 0 Å². The van der Waals surface area contributed by atoms with Gasteiger partial charge in [0.15, 0.2) is 0 Å². The van der Waals surface area contributed by atoms with Crippen molar-refractivity contribution in [2.24, 2.45) is 0 Å². The smallest absolute Gasteiger partial charge is 0.251 e. The molecule has 0 fully saturated rings. The Kier molecular flexibility index (Phi) is 8.61. The second-order valence-corrected chi connectivity index (χ2v) is 9.01. The standard InChI is InChI=1S/C30H35N3O3/c1-22-11-8-16-28(23(22)2)36-20-7-6-19-33-27-15-5-4-14-26(27)32-29(33)17-10-18-31-30(34)24-12-9-13-25(21-24)35-3/h4-5,8-9,11-16,21H,6-7,10,17-20H2,1-3H3,(H,31,34). The third kappa shape index (κ3) is 6.25. The first-order valence-electron chi connectivity index (χ1n) is 12.6. The molecule has 1 amide bonds. The Morgan fingerprint density at radius 1 is 0.972 bits per heavy atom. The van der Waals surface area contributed by atoms with Crippen LogP contribution >= 0.6 is 0 Å². The number of amides is 1. The number of benzene rings is 3. The van der Waals surface area contributed by atoms with Gasteiger partial charge in [0, 0.05) is 25.1 Å². The molecule has 0 bridgehead atoms. The predicted octanol–water partition coefficient (Wildman–Crippen LogP) is 5.88. The summed E-state index contributed by atoms with van der Waals surface area (Å²) in [7, 11) is 1.60. The van der Waals surface area contributed by atoms with E-state index in [-0.39, 0.29) is 5.91 Å². The highest BCUT2D eigenvalue weighted by molar-refractivity contribution is 5.94. The minimum absolute atomic E-state index is 0.0914. The lowest BCUT2D eigenvalue weighted by molar-refractivity contribution is 0.0952. The molecule has 0 aliphatic carbocycles. The van der Waals surface area contributed by atoms with Crippen molar-refractivity contribution in [3.63, 3.8) is 0 Å². The van der Waals surface area contributed by atoms with E-state index in [9.17, 15) is 4.79 Å². The van der Waals surface area contributed by atoms with Gasteiger partial charge in [0.1, 0.15) is 17.3 Å². The van der Waals surface area contributed by atoms with E-state index >= 15 is 0 Å². The van der Waals surface area contributed by atoms with Crippen molar-refractivity contribution in [2.45, 2.75) is 46.1 Å². The van der Waals surface area contributed by atoms with E-state index in [1.165, 1.54) is 11.1 Å². The summed E-state index contributed by atoms with van der Waals surface area (Å²) < 4.78 is 13.6. The molecule has 188 valence electrons. The second kappa shape index (κ2) is 12.2. The first-order chi connectivity index (χ1) is 17.6. The summed E-state index contributed by atoms with van der Waals surface area (Å²) in [6.07, 6.45) is 3.58. The van der Waals surface area contributed by atoms with Gasteiger partial charge in [-0.05, 0) is 80.6 Å². The highest BCUT2D eigenvalue weighted by Crippen LogP contribution is 2.21. The predicted molar refractivity (Wildman–Crippen MR) is 144 cm³/mol. The van der Waals surface area contributed by atoms with Crippen molar-refractivity contribution in [1.82, 2.24) is 14.9 Å². The van der Waals surface area contributed by atoms with Gasteiger partial charge < -0.3 is 19.4 Å². The van der Waals surface area contributed by atoms with E-state index in [1.54, 1.807) is 19.2 Å². The number of imidazole rings is 1. The van der Waals surface area contributed by atoms with Gasteiger partial charge in [-0.15, -0.1) is 0 Å². The van der Waals surface area contributed by atoms with E-state index in [0.717, 1.165) is 54.8 Å². The molecule has 1 N–H and O–H groups in total. The Labute approximate surface area is 213 Å². The Bertz CT molecular complexity index is 1310. The summed E-state index contributed by atoms with van der Waals surface area (Å²) in [6, 6.07) is 21.7. The molecular formula is C30H35N3O3. The number of rotatable bonds is 12. The number of aryl methyl sites for hydroxylation is 3. The minimum atomic E-state index is -0.0914. The zero-order valence-corrected chi connectivity index (χ0v) is 21.4. The fourth-order valence-corrected chi connectivity index (χ4v) is 4.32. The molecule has 0 saturated heterocycles. The third-order valence-electron chi connectivity index (χ3n) is 6.52. The summed E-state index contributed by atoms with van der Waals surface area (Å²) in [5, 5.41) is 3.01. The van der Waals surface area contributed by atoms with E-state index in [2.05, 4.69) is 48.0 Å². The fraction of sp³-hybridized carbons (Fsp3) is 0.333. The topological polar surface area (TPSA) is 65.4 Å². The van der Waals surface area contributed by atoms with Gasteiger partial charge >= 0.3 is 0 Å². The van der Waals surface area contributed by atoms with E-state index in [1.807, 2.05) is 30.3 Å². The number of fused-ring (bicyclic) bond motifs is 1. The molecule has 6 nitrogen and oxygen atoms in total. The maximum absolute atomic E-state index is 12.5. The lowest BCUT2D eigenvalue weighted by Crippen LogP contribution is -2.25. The van der Waals surface area contributed by atoms with Gasteiger partial charge in [-0.2, -0.15) is 0 Å². The highest BCUT2D eigenvalue weighted by Gasteiger charge is 2.11. The Balaban J connectivity index is 1.30. The number of ether oxygens (including phenoxy) is 2. The number of carbonyl (C=O) groups excluding carboxylic acids is 1. The molecular weight excluding hydrogens is 450 g/mol. The quantitative estimate of drug-likeness (QED) is 0.254. The molecule has 0 unspecified atom stereocenters. The summed E-state index contributed by atoms with van der Waals surface area (Å²) in [6.45, 7) is 6.39. The van der Waals surface area contributed by atoms with Crippen molar-refractivity contribution >= 4 is 16.9 Å². The first-order valence-corrected chi connectivity index (χ1v) is 12.6. The average Bonchev–Trinajstić information content (AvgIpc) is 3.26. The molecule has 0 aliphatic heterocycles. The van der Waals surface area contributed by atoms with Crippen LogP contribution in [0.1, 0.15) is 46.6 Å². The molecule has 1 heterocycles. The number of unbranched alkanes of at least 4 members (excludes halogenated alkanes) is 1. The van der Waals surface area contributed by atoms with Gasteiger partial charge in [-0.3, -0.25) is 4.79 Å². The SMILES string of the molecule is COc1cccc(C(=O)NCCCc2nc3ccccc3n2CCCCOc2cccc(C)c2C)c1. The van der Waals surface area contributed by atoms with Crippen LogP contribution in [-0.2, 0) is 13.0 Å². The maximum atomic E-state index is 12.5. The second-order valence-electron chi connectivity index (χ2n) is 9.01. The van der Waals surface area contributed by atoms with Gasteiger partial charge in [0.05, 0.1) is 24.8 Å². The number of hydrogen-bond acceptors (Lipinski definition) is 4. The summed E-state index contributed by atoms with van der Waals surface area (Å²) in [4.78, 5) is 17.4. The zero-order chi connectivity index (χ0) is 25.3. The van der Waals surface area contributed by atoms with Crippen LogP contribution in [0.25, 0.3) is 11.0 Å². The Hall–Kier alpha value is -3.80. The van der Waals surface area contributed by atoms with E-state index in [4.69, 9.17) is 14.5 Å². The number of carbonyl (C=O) groups is 1. The van der Waals surface area contributed by atoms with Gasteiger partial charge in [0.2, 0.25) is 0 Å². The van der Waals surface area contributed by atoms with Gasteiger partial charge in [-0.25, -0.2) is 4.98 Å². The zero-order valence-electron chi connectivity index (χ0n) is 21.4. The van der Waals surface area contributed by atoms with Crippen molar-refractivity contribution in [1.29, 1.82) is 0 Å². The maximum Gasteiger partial charge on any atom is 0.251 e. The van der Waals surface area contributed by atoms with Crippen molar-refractivity contribution in [3.8, 4) is 11.5 Å². The number of aromatic nitrogens is 2. The van der Waals surface area contributed by atoms with Crippen LogP contribution in [-0.4, -0.2) is 35.7 Å². The van der Waals surface area contributed by atoms with Gasteiger partial charge in [-0.1, -0.05) is 30.3 Å². The summed E-state index contributed by atoms with van der Waals surface area (Å²) in [5.41, 5.74) is 5.23. The number of hydrogen-bond donors (Lipinski definition) is 1. The number of methoxy groups -OCH3 is 1. The van der Waals surface area contributed by atoms with Crippen LogP contribution < -0.4 is 14.8 Å². The molecule has 0 radical (unpaired) electrons. The summed E-state index contributed by atoms with van der Waals surface area (Å²) in [5.74, 6) is 2.61. The van der Waals surface area contributed by atoms with Crippen LogP contribution in [0.15, 0.2) is 66.7 Å². The van der Waals surface area contributed by atoms with Crippen LogP contribution in [0.2, 0.25) is 0 Å². The van der Waals surface area contributed by atoms with E-state index < -0.39 is 0 Å². The normalized spacial score (nSPS) is 11.0. The van der Waals surface area contributed by atoms with Crippen molar-refractivity contribution in [3.05, 3.63) is 89.2 Å². The van der Waals surface area contributed by atoms with Crippen LogP contribution in [0.4, 0.5) is 0 Å². The third-order valence-corrected chi connectivity index (χ3v) is 6.52. The molecule has 4 aromatic rings. The lowest BCUT2D eigenvalue weighted by atomic mass is 10.1. The Morgan fingerprint density at radius 3 is 2.67 bits per heavy atom. The minimum Gasteiger partial charge on any atom is -0.497 e. The largest absolute Gasteiger partial charge is 0.497 e. The molecule has 0 saturated carbocycles. The van der Waals surface area contributed by atoms with Crippen LogP contribution in [0, 0.1) is 13.8 Å². The molecule has 1 aromatic heterocycles. The number of nitrogens with one attached hydrogen (secondary N) is 1. The molecule has 4 rings (SSSR count). The number of para-hydroxylation sites is 2. The van der Waals surface area contributed by atoms with Crippen molar-refractivity contribution in [2.75, 3.05) is 20.3 Å². The Morgan fingerprint density at radius 2 is 1.81 bits per heavy atom. The first kappa shape index (κ1) is 25.3. The van der Waals surface area contributed by atoms with Crippen LogP contribution in [0.5, 0.6) is 11.5 Å². The van der Waals surface area contributed by atoms with E-state index in [0.29, 0.717) is 24.5 Å².